The molecule has 0 fully saturated rings. The Morgan fingerprint density at radius 2 is 2.17 bits per heavy atom. The van der Waals surface area contributed by atoms with Gasteiger partial charge in [0.15, 0.2) is 0 Å². The van der Waals surface area contributed by atoms with Crippen LogP contribution < -0.4 is 11.1 Å². The number of hydrogen-bond acceptors (Lipinski definition) is 4. The molecule has 98 valence electrons. The van der Waals surface area contributed by atoms with Gasteiger partial charge in [-0.15, -0.1) is 0 Å². The minimum Gasteiger partial charge on any atom is -0.398 e. The van der Waals surface area contributed by atoms with Crippen LogP contribution in [0, 0.1) is 16.7 Å². The maximum Gasteiger partial charge on any atom is 0.101 e. The minimum absolute atomic E-state index is 0.108. The quantitative estimate of drug-likeness (QED) is 0.674. The molecule has 0 aromatic heterocycles. The molecule has 0 heterocycles. The molecule has 4 heteroatoms. The number of nitrogens with zero attached hydrogens (tertiary/aromatic N) is 1. The van der Waals surface area contributed by atoms with Gasteiger partial charge in [-0.1, -0.05) is 13.8 Å². The lowest BCUT2D eigenvalue weighted by molar-refractivity contribution is 0.248. The van der Waals surface area contributed by atoms with Gasteiger partial charge in [-0.2, -0.15) is 5.26 Å². The van der Waals surface area contributed by atoms with E-state index in [0.717, 1.165) is 25.1 Å². The van der Waals surface area contributed by atoms with Crippen molar-refractivity contribution in [3.05, 3.63) is 23.8 Å². The van der Waals surface area contributed by atoms with Crippen molar-refractivity contribution in [1.29, 1.82) is 5.26 Å². The molecule has 0 saturated carbocycles. The molecule has 0 aliphatic carbocycles. The van der Waals surface area contributed by atoms with E-state index < -0.39 is 0 Å². The zero-order valence-electron chi connectivity index (χ0n) is 11.0. The Labute approximate surface area is 108 Å². The number of nitriles is 1. The fourth-order valence-corrected chi connectivity index (χ4v) is 1.75. The molecule has 0 aliphatic heterocycles. The Hall–Kier alpha value is -1.73. The largest absolute Gasteiger partial charge is 0.398 e. The molecule has 0 atom stereocenters. The Kier molecular flexibility index (Phi) is 4.99. The van der Waals surface area contributed by atoms with Crippen molar-refractivity contribution in [2.75, 3.05) is 24.2 Å². The minimum atomic E-state index is 0.108. The van der Waals surface area contributed by atoms with Gasteiger partial charge in [-0.25, -0.2) is 0 Å². The SMILES string of the molecule is CC(C)(CCCO)CNc1ccc(N)c(C#N)c1. The van der Waals surface area contributed by atoms with Crippen molar-refractivity contribution in [2.45, 2.75) is 26.7 Å². The molecule has 1 aromatic rings. The Balaban J connectivity index is 2.61. The van der Waals surface area contributed by atoms with E-state index in [9.17, 15) is 0 Å². The molecule has 0 spiro atoms. The third kappa shape index (κ3) is 4.27. The van der Waals surface area contributed by atoms with Crippen LogP contribution in [0.3, 0.4) is 0 Å². The Bertz CT molecular complexity index is 435. The number of anilines is 2. The predicted octanol–water partition coefficient (Wildman–Crippen LogP) is 2.35. The van der Waals surface area contributed by atoms with E-state index in [2.05, 4.69) is 25.2 Å². The smallest absolute Gasteiger partial charge is 0.101 e. The number of nitrogens with one attached hydrogen (secondary N) is 1. The molecule has 0 saturated heterocycles. The highest BCUT2D eigenvalue weighted by molar-refractivity contribution is 5.61. The number of nitrogen functional groups attached to an aromatic ring is 1. The van der Waals surface area contributed by atoms with E-state index >= 15 is 0 Å². The molecule has 0 unspecified atom stereocenters. The van der Waals surface area contributed by atoms with Crippen molar-refractivity contribution in [1.82, 2.24) is 0 Å². The second-order valence-corrected chi connectivity index (χ2v) is 5.26. The lowest BCUT2D eigenvalue weighted by Gasteiger charge is -2.25. The van der Waals surface area contributed by atoms with Crippen LogP contribution >= 0.6 is 0 Å². The van der Waals surface area contributed by atoms with Crippen molar-refractivity contribution < 1.29 is 5.11 Å². The number of aliphatic hydroxyl groups is 1. The molecule has 0 aliphatic rings. The second-order valence-electron chi connectivity index (χ2n) is 5.26. The van der Waals surface area contributed by atoms with Crippen LogP contribution in [0.1, 0.15) is 32.3 Å². The summed E-state index contributed by atoms with van der Waals surface area (Å²) in [5, 5.41) is 21.1. The van der Waals surface area contributed by atoms with Crippen LogP contribution in [0.5, 0.6) is 0 Å². The highest BCUT2D eigenvalue weighted by Gasteiger charge is 2.16. The van der Waals surface area contributed by atoms with Crippen LogP contribution in [0.4, 0.5) is 11.4 Å². The predicted molar refractivity (Wildman–Crippen MR) is 74.2 cm³/mol. The van der Waals surface area contributed by atoms with Gasteiger partial charge in [0.1, 0.15) is 6.07 Å². The second kappa shape index (κ2) is 6.27. The zero-order valence-corrected chi connectivity index (χ0v) is 11.0. The molecule has 1 aromatic carbocycles. The average molecular weight is 247 g/mol. The number of aliphatic hydroxyl groups excluding tert-OH is 1. The summed E-state index contributed by atoms with van der Waals surface area (Å²) < 4.78 is 0. The maximum absolute atomic E-state index is 8.90. The molecule has 1 rings (SSSR count). The summed E-state index contributed by atoms with van der Waals surface area (Å²) in [5.74, 6) is 0. The summed E-state index contributed by atoms with van der Waals surface area (Å²) in [4.78, 5) is 0. The van der Waals surface area contributed by atoms with Gasteiger partial charge in [0.2, 0.25) is 0 Å². The molecular formula is C14H21N3O. The van der Waals surface area contributed by atoms with Crippen molar-refractivity contribution in [2.24, 2.45) is 5.41 Å². The van der Waals surface area contributed by atoms with E-state index in [1.54, 1.807) is 12.1 Å². The van der Waals surface area contributed by atoms with Crippen LogP contribution in [0.25, 0.3) is 0 Å². The highest BCUT2D eigenvalue weighted by Crippen LogP contribution is 2.24. The van der Waals surface area contributed by atoms with Crippen LogP contribution in [-0.2, 0) is 0 Å². The molecule has 0 radical (unpaired) electrons. The fourth-order valence-electron chi connectivity index (χ4n) is 1.75. The van der Waals surface area contributed by atoms with E-state index in [1.807, 2.05) is 6.07 Å². The first-order chi connectivity index (χ1) is 8.48. The van der Waals surface area contributed by atoms with Gasteiger partial charge < -0.3 is 16.2 Å². The van der Waals surface area contributed by atoms with Gasteiger partial charge >= 0.3 is 0 Å². The van der Waals surface area contributed by atoms with Gasteiger partial charge in [0.25, 0.3) is 0 Å². The molecule has 18 heavy (non-hydrogen) atoms. The van der Waals surface area contributed by atoms with Crippen molar-refractivity contribution in [3.8, 4) is 6.07 Å². The topological polar surface area (TPSA) is 82.1 Å². The zero-order chi connectivity index (χ0) is 13.6. The third-order valence-electron chi connectivity index (χ3n) is 2.96. The van der Waals surface area contributed by atoms with Gasteiger partial charge in [0.05, 0.1) is 5.56 Å². The monoisotopic (exact) mass is 247 g/mol. The highest BCUT2D eigenvalue weighted by atomic mass is 16.2. The van der Waals surface area contributed by atoms with E-state index in [0.29, 0.717) is 11.3 Å². The lowest BCUT2D eigenvalue weighted by Crippen LogP contribution is -2.23. The summed E-state index contributed by atoms with van der Waals surface area (Å²) in [6.07, 6.45) is 1.76. The molecule has 0 bridgehead atoms. The first-order valence-electron chi connectivity index (χ1n) is 6.13. The lowest BCUT2D eigenvalue weighted by atomic mass is 9.88. The van der Waals surface area contributed by atoms with E-state index in [-0.39, 0.29) is 12.0 Å². The summed E-state index contributed by atoms with van der Waals surface area (Å²) in [7, 11) is 0. The molecular weight excluding hydrogens is 226 g/mol. The summed E-state index contributed by atoms with van der Waals surface area (Å²) in [6.45, 7) is 5.32. The van der Waals surface area contributed by atoms with Crippen LogP contribution in [0.2, 0.25) is 0 Å². The Morgan fingerprint density at radius 1 is 1.44 bits per heavy atom. The van der Waals surface area contributed by atoms with Gasteiger partial charge in [-0.3, -0.25) is 0 Å². The average Bonchev–Trinajstić information content (AvgIpc) is 2.35. The van der Waals surface area contributed by atoms with E-state index in [4.69, 9.17) is 16.1 Å². The maximum atomic E-state index is 8.90. The number of benzene rings is 1. The first-order valence-corrected chi connectivity index (χ1v) is 6.13. The van der Waals surface area contributed by atoms with Crippen LogP contribution in [0.15, 0.2) is 18.2 Å². The molecule has 4 nitrogen and oxygen atoms in total. The van der Waals surface area contributed by atoms with Gasteiger partial charge in [0, 0.05) is 24.5 Å². The summed E-state index contributed by atoms with van der Waals surface area (Å²) >= 11 is 0. The van der Waals surface area contributed by atoms with Crippen molar-refractivity contribution in [3.63, 3.8) is 0 Å². The van der Waals surface area contributed by atoms with Crippen LogP contribution in [-0.4, -0.2) is 18.3 Å². The van der Waals surface area contributed by atoms with Crippen molar-refractivity contribution >= 4 is 11.4 Å². The Morgan fingerprint density at radius 3 is 2.78 bits per heavy atom. The number of nitrogens with two attached hydrogens (primary N) is 1. The fraction of sp³-hybridized carbons (Fsp3) is 0.500. The molecule has 0 amide bonds. The van der Waals surface area contributed by atoms with E-state index in [1.165, 1.54) is 0 Å². The first kappa shape index (κ1) is 14.3. The summed E-state index contributed by atoms with van der Waals surface area (Å²) in [6, 6.07) is 7.44. The third-order valence-corrected chi connectivity index (χ3v) is 2.96. The number of rotatable bonds is 6. The molecule has 4 N–H and O–H groups in total. The normalized spacial score (nSPS) is 11.0. The summed E-state index contributed by atoms with van der Waals surface area (Å²) in [5.41, 5.74) is 7.67. The number of hydrogen-bond donors (Lipinski definition) is 3. The van der Waals surface area contributed by atoms with Gasteiger partial charge in [-0.05, 0) is 36.5 Å². The standard InChI is InChI=1S/C14H21N3O/c1-14(2,6-3-7-18)10-17-12-4-5-13(16)11(8-12)9-15/h4-5,8,17-18H,3,6-7,10,16H2,1-2H3.